The van der Waals surface area contributed by atoms with Crippen LogP contribution >= 0.6 is 11.6 Å². The summed E-state index contributed by atoms with van der Waals surface area (Å²) in [5.74, 6) is 0.159. The standard InChI is InChI=1S/C15H13ClN2O2/c1-3-12-11(8-18(2)17-12)15(19)14-7-9-6-10(16)4-5-13(9)20-14/h4-8H,3H2,1-2H3. The van der Waals surface area contributed by atoms with Crippen molar-refractivity contribution in [1.29, 1.82) is 0 Å². The number of aromatic nitrogens is 2. The van der Waals surface area contributed by atoms with Crippen LogP contribution in [0.25, 0.3) is 11.0 Å². The second-order valence-corrected chi connectivity index (χ2v) is 5.08. The first kappa shape index (κ1) is 12.9. The van der Waals surface area contributed by atoms with Crippen molar-refractivity contribution < 1.29 is 9.21 Å². The van der Waals surface area contributed by atoms with Gasteiger partial charge >= 0.3 is 0 Å². The highest BCUT2D eigenvalue weighted by atomic mass is 35.5. The van der Waals surface area contributed by atoms with Gasteiger partial charge in [0.25, 0.3) is 0 Å². The van der Waals surface area contributed by atoms with Crippen molar-refractivity contribution >= 4 is 28.4 Å². The van der Waals surface area contributed by atoms with Gasteiger partial charge in [-0.1, -0.05) is 18.5 Å². The van der Waals surface area contributed by atoms with Gasteiger partial charge in [0.2, 0.25) is 5.78 Å². The second-order valence-electron chi connectivity index (χ2n) is 4.64. The molecule has 0 saturated heterocycles. The van der Waals surface area contributed by atoms with Crippen LogP contribution in [0.3, 0.4) is 0 Å². The molecule has 4 nitrogen and oxygen atoms in total. The fourth-order valence-electron chi connectivity index (χ4n) is 2.24. The van der Waals surface area contributed by atoms with Gasteiger partial charge in [-0.15, -0.1) is 0 Å². The predicted molar refractivity (Wildman–Crippen MR) is 77.2 cm³/mol. The summed E-state index contributed by atoms with van der Waals surface area (Å²) in [6.07, 6.45) is 2.43. The smallest absolute Gasteiger partial charge is 0.231 e. The van der Waals surface area contributed by atoms with Crippen LogP contribution < -0.4 is 0 Å². The van der Waals surface area contributed by atoms with E-state index in [-0.39, 0.29) is 5.78 Å². The topological polar surface area (TPSA) is 48.0 Å². The number of hydrogen-bond acceptors (Lipinski definition) is 3. The molecule has 20 heavy (non-hydrogen) atoms. The molecule has 0 radical (unpaired) electrons. The molecule has 0 amide bonds. The minimum Gasteiger partial charge on any atom is -0.453 e. The van der Waals surface area contributed by atoms with Crippen molar-refractivity contribution in [1.82, 2.24) is 9.78 Å². The van der Waals surface area contributed by atoms with Crippen molar-refractivity contribution in [2.45, 2.75) is 13.3 Å². The number of rotatable bonds is 3. The van der Waals surface area contributed by atoms with Gasteiger partial charge in [0, 0.05) is 23.7 Å². The maximum absolute atomic E-state index is 12.5. The summed E-state index contributed by atoms with van der Waals surface area (Å²) in [5.41, 5.74) is 2.01. The summed E-state index contributed by atoms with van der Waals surface area (Å²) in [6.45, 7) is 1.97. The van der Waals surface area contributed by atoms with Crippen molar-refractivity contribution in [3.63, 3.8) is 0 Å². The van der Waals surface area contributed by atoms with Crippen LogP contribution in [0.1, 0.15) is 28.7 Å². The zero-order chi connectivity index (χ0) is 14.3. The molecule has 0 N–H and O–H groups in total. The lowest BCUT2D eigenvalue weighted by Crippen LogP contribution is -2.01. The molecular formula is C15H13ClN2O2. The minimum atomic E-state index is -0.151. The molecule has 2 heterocycles. The Hall–Kier alpha value is -2.07. The molecular weight excluding hydrogens is 276 g/mol. The van der Waals surface area contributed by atoms with Crippen molar-refractivity contribution in [3.8, 4) is 0 Å². The third kappa shape index (κ3) is 2.12. The molecule has 0 fully saturated rings. The molecule has 0 bridgehead atoms. The summed E-state index contributed by atoms with van der Waals surface area (Å²) in [5, 5.41) is 5.72. The van der Waals surface area contributed by atoms with Crippen LogP contribution in [0.2, 0.25) is 5.02 Å². The lowest BCUT2D eigenvalue weighted by molar-refractivity contribution is 0.101. The molecule has 0 atom stereocenters. The molecule has 102 valence electrons. The number of fused-ring (bicyclic) bond motifs is 1. The second kappa shape index (κ2) is 4.80. The Morgan fingerprint density at radius 1 is 1.40 bits per heavy atom. The third-order valence-corrected chi connectivity index (χ3v) is 3.42. The molecule has 3 aromatic rings. The summed E-state index contributed by atoms with van der Waals surface area (Å²) in [7, 11) is 1.80. The average molecular weight is 289 g/mol. The van der Waals surface area contributed by atoms with E-state index < -0.39 is 0 Å². The number of hydrogen-bond donors (Lipinski definition) is 0. The van der Waals surface area contributed by atoms with Crippen LogP contribution in [-0.4, -0.2) is 15.6 Å². The molecule has 0 aliphatic carbocycles. The number of ketones is 1. The first-order valence-electron chi connectivity index (χ1n) is 6.35. The number of halogens is 1. The quantitative estimate of drug-likeness (QED) is 0.692. The van der Waals surface area contributed by atoms with E-state index in [4.69, 9.17) is 16.0 Å². The lowest BCUT2D eigenvalue weighted by Gasteiger charge is -1.95. The predicted octanol–water partition coefficient (Wildman–Crippen LogP) is 3.61. The highest BCUT2D eigenvalue weighted by Gasteiger charge is 2.20. The van der Waals surface area contributed by atoms with E-state index in [1.165, 1.54) is 0 Å². The highest BCUT2D eigenvalue weighted by molar-refractivity contribution is 6.31. The largest absolute Gasteiger partial charge is 0.453 e. The number of carbonyl (C=O) groups excluding carboxylic acids is 1. The van der Waals surface area contributed by atoms with Crippen molar-refractivity contribution in [2.24, 2.45) is 7.05 Å². The van der Waals surface area contributed by atoms with Gasteiger partial charge in [-0.3, -0.25) is 9.48 Å². The van der Waals surface area contributed by atoms with E-state index in [1.807, 2.05) is 6.92 Å². The van der Waals surface area contributed by atoms with Crippen LogP contribution in [0.15, 0.2) is 34.9 Å². The third-order valence-electron chi connectivity index (χ3n) is 3.19. The fourth-order valence-corrected chi connectivity index (χ4v) is 2.42. The zero-order valence-corrected chi connectivity index (χ0v) is 11.9. The van der Waals surface area contributed by atoms with E-state index in [1.54, 1.807) is 42.2 Å². The Morgan fingerprint density at radius 3 is 2.95 bits per heavy atom. The number of benzene rings is 1. The maximum atomic E-state index is 12.5. The Morgan fingerprint density at radius 2 is 2.20 bits per heavy atom. The van der Waals surface area contributed by atoms with Gasteiger partial charge in [-0.05, 0) is 30.7 Å². The Balaban J connectivity index is 2.07. The molecule has 1 aromatic carbocycles. The first-order chi connectivity index (χ1) is 9.58. The number of furan rings is 1. The van der Waals surface area contributed by atoms with Gasteiger partial charge in [0.05, 0.1) is 11.3 Å². The summed E-state index contributed by atoms with van der Waals surface area (Å²) < 4.78 is 7.25. The van der Waals surface area contributed by atoms with Gasteiger partial charge in [-0.25, -0.2) is 0 Å². The van der Waals surface area contributed by atoms with Gasteiger partial charge < -0.3 is 4.42 Å². The van der Waals surface area contributed by atoms with E-state index in [0.29, 0.717) is 28.4 Å². The molecule has 0 aliphatic heterocycles. The zero-order valence-electron chi connectivity index (χ0n) is 11.2. The molecule has 0 aliphatic rings. The molecule has 0 saturated carbocycles. The van der Waals surface area contributed by atoms with E-state index >= 15 is 0 Å². The van der Waals surface area contributed by atoms with Crippen molar-refractivity contribution in [2.75, 3.05) is 0 Å². The Bertz CT molecular complexity index is 801. The lowest BCUT2D eigenvalue weighted by atomic mass is 10.1. The van der Waals surface area contributed by atoms with Crippen molar-refractivity contribution in [3.05, 3.63) is 52.5 Å². The highest BCUT2D eigenvalue weighted by Crippen LogP contribution is 2.25. The van der Waals surface area contributed by atoms with Crippen LogP contribution in [0, 0.1) is 0 Å². The van der Waals surface area contributed by atoms with Gasteiger partial charge in [0.1, 0.15) is 5.58 Å². The van der Waals surface area contributed by atoms with Gasteiger partial charge in [-0.2, -0.15) is 5.10 Å². The number of carbonyl (C=O) groups is 1. The van der Waals surface area contributed by atoms with Crippen LogP contribution in [-0.2, 0) is 13.5 Å². The summed E-state index contributed by atoms with van der Waals surface area (Å²) in [4.78, 5) is 12.5. The summed E-state index contributed by atoms with van der Waals surface area (Å²) >= 11 is 5.94. The average Bonchev–Trinajstić information content (AvgIpc) is 3.00. The number of nitrogens with zero attached hydrogens (tertiary/aromatic N) is 2. The molecule has 2 aromatic heterocycles. The van der Waals surface area contributed by atoms with E-state index in [2.05, 4.69) is 5.10 Å². The molecule has 5 heteroatoms. The molecule has 0 unspecified atom stereocenters. The Kier molecular flexibility index (Phi) is 3.10. The Labute approximate surface area is 120 Å². The SMILES string of the molecule is CCc1nn(C)cc1C(=O)c1cc2cc(Cl)ccc2o1. The maximum Gasteiger partial charge on any atom is 0.231 e. The van der Waals surface area contributed by atoms with Crippen LogP contribution in [0.4, 0.5) is 0 Å². The molecule has 0 spiro atoms. The number of aryl methyl sites for hydroxylation is 2. The normalized spacial score (nSPS) is 11.2. The van der Waals surface area contributed by atoms with Gasteiger partial charge in [0.15, 0.2) is 5.76 Å². The molecule has 3 rings (SSSR count). The monoisotopic (exact) mass is 288 g/mol. The van der Waals surface area contributed by atoms with E-state index in [9.17, 15) is 4.79 Å². The first-order valence-corrected chi connectivity index (χ1v) is 6.72. The summed E-state index contributed by atoms with van der Waals surface area (Å²) in [6, 6.07) is 7.00. The van der Waals surface area contributed by atoms with Crippen LogP contribution in [0.5, 0.6) is 0 Å². The minimum absolute atomic E-state index is 0.151. The fraction of sp³-hybridized carbons (Fsp3) is 0.200. The van der Waals surface area contributed by atoms with E-state index in [0.717, 1.165) is 11.1 Å².